The number of hydrogen-bond acceptors (Lipinski definition) is 4. The largest absolute Gasteiger partial charge is 0.497 e. The van der Waals surface area contributed by atoms with Gasteiger partial charge in [0, 0.05) is 28.7 Å². The van der Waals surface area contributed by atoms with Crippen LogP contribution in [0.5, 0.6) is 5.75 Å². The number of fused-ring (bicyclic) bond motifs is 1. The van der Waals surface area contributed by atoms with Crippen molar-refractivity contribution in [2.24, 2.45) is 0 Å². The highest BCUT2D eigenvalue weighted by atomic mass is 16.5. The molecule has 0 aliphatic heterocycles. The van der Waals surface area contributed by atoms with Crippen LogP contribution in [-0.2, 0) is 22.7 Å². The van der Waals surface area contributed by atoms with Crippen molar-refractivity contribution in [2.45, 2.75) is 40.0 Å². The molecule has 4 aromatic rings. The molecule has 0 fully saturated rings. The van der Waals surface area contributed by atoms with Crippen LogP contribution in [0.25, 0.3) is 17.0 Å². The van der Waals surface area contributed by atoms with E-state index >= 15 is 0 Å². The number of carboxylic acid groups (broad SMARTS) is 1. The zero-order valence-electron chi connectivity index (χ0n) is 21.5. The summed E-state index contributed by atoms with van der Waals surface area (Å²) in [4.78, 5) is 24.5. The number of carboxylic acids is 1. The van der Waals surface area contributed by atoms with Gasteiger partial charge in [0.05, 0.1) is 19.3 Å². The Kier molecular flexibility index (Phi) is 7.89. The first-order valence-electron chi connectivity index (χ1n) is 12.2. The summed E-state index contributed by atoms with van der Waals surface area (Å²) >= 11 is 0. The Morgan fingerprint density at radius 3 is 2.35 bits per heavy atom. The number of aliphatic carboxylic acids is 1. The number of rotatable bonds is 10. The van der Waals surface area contributed by atoms with Crippen LogP contribution in [0.3, 0.4) is 0 Å². The maximum atomic E-state index is 13.6. The van der Waals surface area contributed by atoms with E-state index in [9.17, 15) is 9.59 Å². The minimum atomic E-state index is -0.977. The highest BCUT2D eigenvalue weighted by Gasteiger charge is 2.21. The molecule has 1 atom stereocenters. The molecule has 1 heterocycles. The number of nitrogens with zero attached hydrogens (tertiary/aromatic N) is 1. The number of allylic oxidation sites excluding steroid dienone is 1. The lowest BCUT2D eigenvalue weighted by Gasteiger charge is -2.08. The standard InChI is InChI=1S/C31H31NO5/c1-20-7-13-25(14-8-20)30(33)29-21(2)32(28-16-15-26(36-4)18-27(28)29)17-5-6-23-9-11-24(12-10-23)19-37-22(3)31(34)35/h5-16,18,22H,17,19H2,1-4H3,(H,34,35)/t22-/m1/s1. The Morgan fingerprint density at radius 1 is 1.00 bits per heavy atom. The van der Waals surface area contributed by atoms with Crippen LogP contribution < -0.4 is 4.74 Å². The molecule has 1 N–H and O–H groups in total. The van der Waals surface area contributed by atoms with Crippen molar-refractivity contribution >= 4 is 28.7 Å². The third-order valence-corrected chi connectivity index (χ3v) is 6.50. The zero-order valence-corrected chi connectivity index (χ0v) is 21.5. The molecular formula is C31H31NO5. The number of hydrogen-bond donors (Lipinski definition) is 1. The number of aromatic nitrogens is 1. The Hall–Kier alpha value is -4.16. The molecule has 4 rings (SSSR count). The van der Waals surface area contributed by atoms with Gasteiger partial charge in [-0.1, -0.05) is 66.2 Å². The van der Waals surface area contributed by atoms with Gasteiger partial charge in [-0.3, -0.25) is 4.79 Å². The van der Waals surface area contributed by atoms with Crippen molar-refractivity contribution in [2.75, 3.05) is 7.11 Å². The second-order valence-electron chi connectivity index (χ2n) is 9.08. The Morgan fingerprint density at radius 2 is 1.70 bits per heavy atom. The number of ketones is 1. The molecule has 190 valence electrons. The van der Waals surface area contributed by atoms with E-state index < -0.39 is 12.1 Å². The fraction of sp³-hybridized carbons (Fsp3) is 0.226. The van der Waals surface area contributed by atoms with E-state index in [0.717, 1.165) is 33.3 Å². The van der Waals surface area contributed by atoms with E-state index in [1.807, 2.05) is 86.7 Å². The third-order valence-electron chi connectivity index (χ3n) is 6.50. The van der Waals surface area contributed by atoms with Gasteiger partial charge in [0.2, 0.25) is 0 Å². The molecule has 1 aromatic heterocycles. The van der Waals surface area contributed by atoms with Crippen molar-refractivity contribution in [3.63, 3.8) is 0 Å². The van der Waals surface area contributed by atoms with E-state index in [4.69, 9.17) is 14.6 Å². The lowest BCUT2D eigenvalue weighted by atomic mass is 9.99. The van der Waals surface area contributed by atoms with Gasteiger partial charge in [0.25, 0.3) is 0 Å². The monoisotopic (exact) mass is 497 g/mol. The number of carbonyl (C=O) groups is 2. The molecule has 0 aliphatic carbocycles. The summed E-state index contributed by atoms with van der Waals surface area (Å²) in [6.07, 6.45) is 3.25. The Labute approximate surface area is 216 Å². The molecular weight excluding hydrogens is 466 g/mol. The van der Waals surface area contributed by atoms with Crippen molar-refractivity contribution in [1.29, 1.82) is 0 Å². The third kappa shape index (κ3) is 5.81. The maximum Gasteiger partial charge on any atom is 0.332 e. The molecule has 0 spiro atoms. The van der Waals surface area contributed by atoms with E-state index in [1.165, 1.54) is 6.92 Å². The van der Waals surface area contributed by atoms with Gasteiger partial charge < -0.3 is 19.1 Å². The maximum absolute atomic E-state index is 13.6. The summed E-state index contributed by atoms with van der Waals surface area (Å²) in [5.74, 6) is -0.275. The van der Waals surface area contributed by atoms with Gasteiger partial charge in [-0.05, 0) is 50.1 Å². The minimum absolute atomic E-state index is 0.00601. The molecule has 0 saturated heterocycles. The van der Waals surface area contributed by atoms with Crippen LogP contribution >= 0.6 is 0 Å². The van der Waals surface area contributed by atoms with Gasteiger partial charge in [-0.25, -0.2) is 4.79 Å². The summed E-state index contributed by atoms with van der Waals surface area (Å²) in [7, 11) is 1.62. The first-order chi connectivity index (χ1) is 17.8. The van der Waals surface area contributed by atoms with E-state index in [1.54, 1.807) is 7.11 Å². The highest BCUT2D eigenvalue weighted by molar-refractivity contribution is 6.17. The van der Waals surface area contributed by atoms with Gasteiger partial charge >= 0.3 is 5.97 Å². The molecule has 0 amide bonds. The predicted octanol–water partition coefficient (Wildman–Crippen LogP) is 6.20. The quantitative estimate of drug-likeness (QED) is 0.264. The molecule has 0 aliphatic rings. The van der Waals surface area contributed by atoms with Gasteiger partial charge in [0.1, 0.15) is 5.75 Å². The second kappa shape index (κ2) is 11.3. The summed E-state index contributed by atoms with van der Waals surface area (Å²) < 4.78 is 12.9. The second-order valence-corrected chi connectivity index (χ2v) is 9.08. The summed E-state index contributed by atoms with van der Waals surface area (Å²) in [6.45, 7) is 6.34. The molecule has 0 radical (unpaired) electrons. The molecule has 37 heavy (non-hydrogen) atoms. The van der Waals surface area contributed by atoms with Gasteiger partial charge in [-0.15, -0.1) is 0 Å². The number of benzene rings is 3. The molecule has 0 saturated carbocycles. The summed E-state index contributed by atoms with van der Waals surface area (Å²) in [5, 5.41) is 9.82. The molecule has 0 unspecified atom stereocenters. The highest BCUT2D eigenvalue weighted by Crippen LogP contribution is 2.31. The van der Waals surface area contributed by atoms with Gasteiger partial charge in [-0.2, -0.15) is 0 Å². The molecule has 3 aromatic carbocycles. The van der Waals surface area contributed by atoms with Crippen molar-refractivity contribution in [3.8, 4) is 5.75 Å². The van der Waals surface area contributed by atoms with E-state index in [0.29, 0.717) is 23.4 Å². The van der Waals surface area contributed by atoms with Crippen LogP contribution in [0.2, 0.25) is 0 Å². The zero-order chi connectivity index (χ0) is 26.5. The minimum Gasteiger partial charge on any atom is -0.497 e. The predicted molar refractivity (Wildman–Crippen MR) is 145 cm³/mol. The number of ether oxygens (including phenoxy) is 2. The van der Waals surface area contributed by atoms with Crippen LogP contribution in [0, 0.1) is 13.8 Å². The fourth-order valence-corrected chi connectivity index (χ4v) is 4.27. The number of methoxy groups -OCH3 is 1. The first kappa shape index (κ1) is 25.9. The lowest BCUT2D eigenvalue weighted by molar-refractivity contribution is -0.149. The first-order valence-corrected chi connectivity index (χ1v) is 12.2. The van der Waals surface area contributed by atoms with Crippen LogP contribution in [0.15, 0.2) is 72.8 Å². The smallest absolute Gasteiger partial charge is 0.332 e. The van der Waals surface area contributed by atoms with Gasteiger partial charge in [0.15, 0.2) is 11.9 Å². The lowest BCUT2D eigenvalue weighted by Crippen LogP contribution is -2.19. The number of aryl methyl sites for hydroxylation is 1. The van der Waals surface area contributed by atoms with Crippen molar-refractivity contribution in [3.05, 3.63) is 106 Å². The van der Waals surface area contributed by atoms with Crippen LogP contribution in [0.1, 0.15) is 45.2 Å². The molecule has 6 heteroatoms. The van der Waals surface area contributed by atoms with Crippen LogP contribution in [0.4, 0.5) is 0 Å². The fourth-order valence-electron chi connectivity index (χ4n) is 4.27. The van der Waals surface area contributed by atoms with Crippen LogP contribution in [-0.4, -0.2) is 34.6 Å². The summed E-state index contributed by atoms with van der Waals surface area (Å²) in [6, 6.07) is 21.3. The van der Waals surface area contributed by atoms with E-state index in [2.05, 4.69) is 10.6 Å². The topological polar surface area (TPSA) is 77.8 Å². The molecule has 6 nitrogen and oxygen atoms in total. The van der Waals surface area contributed by atoms with Crippen molar-refractivity contribution in [1.82, 2.24) is 4.57 Å². The average molecular weight is 498 g/mol. The Bertz CT molecular complexity index is 1450. The number of carbonyl (C=O) groups excluding carboxylic acids is 1. The van der Waals surface area contributed by atoms with E-state index in [-0.39, 0.29) is 12.4 Å². The summed E-state index contributed by atoms with van der Waals surface area (Å²) in [5.41, 5.74) is 6.25. The average Bonchev–Trinajstić information content (AvgIpc) is 3.18. The SMILES string of the molecule is COc1ccc2c(c1)c(C(=O)c1ccc(C)cc1)c(C)n2CC=Cc1ccc(CO[C@H](C)C(=O)O)cc1. The van der Waals surface area contributed by atoms with Crippen molar-refractivity contribution < 1.29 is 24.2 Å². The normalized spacial score (nSPS) is 12.2. The molecule has 0 bridgehead atoms. The Balaban J connectivity index is 1.58.